The number of halogens is 1. The Balaban J connectivity index is 1.95. The maximum absolute atomic E-state index is 13.2. The first kappa shape index (κ1) is 24.8. The van der Waals surface area contributed by atoms with Gasteiger partial charge in [0.25, 0.3) is 0 Å². The Morgan fingerprint density at radius 3 is 2.42 bits per heavy atom. The second-order valence-corrected chi connectivity index (χ2v) is 10.2. The highest BCUT2D eigenvalue weighted by atomic mass is 35.5. The summed E-state index contributed by atoms with van der Waals surface area (Å²) < 4.78 is 41.3. The minimum atomic E-state index is -3.98. The fraction of sp³-hybridized carbons (Fsp3) is 0.450. The molecule has 33 heavy (non-hydrogen) atoms. The van der Waals surface area contributed by atoms with Gasteiger partial charge in [0.05, 0.1) is 12.1 Å². The van der Waals surface area contributed by atoms with Crippen molar-refractivity contribution < 1.29 is 17.9 Å². The second kappa shape index (κ2) is 10.4. The molecular formula is C20H26ClN7O4S. The molecule has 0 aliphatic carbocycles. The number of anilines is 1. The van der Waals surface area contributed by atoms with Crippen molar-refractivity contribution in [2.24, 2.45) is 5.92 Å². The minimum absolute atomic E-state index is 0.0713. The van der Waals surface area contributed by atoms with Gasteiger partial charge in [0.1, 0.15) is 17.0 Å². The van der Waals surface area contributed by atoms with E-state index in [-0.39, 0.29) is 17.7 Å². The molecule has 2 atom stereocenters. The van der Waals surface area contributed by atoms with Crippen LogP contribution in [0.25, 0.3) is 11.5 Å². The number of ether oxygens (including phenoxy) is 2. The molecule has 0 amide bonds. The standard InChI is InChI=1S/C20H26ClN7O4S/c1-12(2)11-28-19(15-7-6-8-16(24-15)31-4)25-26-20(28)27-33(29,30)13(3)17(32-5)18-22-9-14(21)10-23-18/h6-10,12-13,17H,11H2,1-5H3,(H,26,27). The summed E-state index contributed by atoms with van der Waals surface area (Å²) in [4.78, 5) is 12.6. The third-order valence-corrected chi connectivity index (χ3v) is 6.65. The van der Waals surface area contributed by atoms with E-state index < -0.39 is 21.4 Å². The molecule has 3 aromatic rings. The number of sulfonamides is 1. The van der Waals surface area contributed by atoms with Gasteiger partial charge in [-0.1, -0.05) is 31.5 Å². The van der Waals surface area contributed by atoms with Crippen molar-refractivity contribution in [2.75, 3.05) is 18.9 Å². The van der Waals surface area contributed by atoms with Crippen molar-refractivity contribution in [3.63, 3.8) is 0 Å². The number of methoxy groups -OCH3 is 2. The van der Waals surface area contributed by atoms with E-state index >= 15 is 0 Å². The monoisotopic (exact) mass is 495 g/mol. The van der Waals surface area contributed by atoms with E-state index in [0.29, 0.717) is 29.0 Å². The molecule has 0 saturated heterocycles. The van der Waals surface area contributed by atoms with Crippen LogP contribution in [0.5, 0.6) is 5.88 Å². The molecule has 3 heterocycles. The summed E-state index contributed by atoms with van der Waals surface area (Å²) in [5, 5.41) is 7.57. The molecule has 11 nitrogen and oxygen atoms in total. The zero-order valence-corrected chi connectivity index (χ0v) is 20.5. The molecule has 2 unspecified atom stereocenters. The van der Waals surface area contributed by atoms with Crippen LogP contribution in [0.1, 0.15) is 32.7 Å². The molecule has 0 aliphatic rings. The SMILES string of the molecule is COc1cccc(-c2nnc(NS(=O)(=O)C(C)C(OC)c3ncc(Cl)cn3)n2CC(C)C)n1. The first-order chi connectivity index (χ1) is 15.7. The Kier molecular flexibility index (Phi) is 7.82. The van der Waals surface area contributed by atoms with E-state index in [9.17, 15) is 8.42 Å². The van der Waals surface area contributed by atoms with Gasteiger partial charge in [0.15, 0.2) is 11.6 Å². The smallest absolute Gasteiger partial charge is 0.240 e. The summed E-state index contributed by atoms with van der Waals surface area (Å²) >= 11 is 5.84. The lowest BCUT2D eigenvalue weighted by molar-refractivity contribution is 0.0950. The average molecular weight is 496 g/mol. The maximum Gasteiger partial charge on any atom is 0.240 e. The number of rotatable bonds is 10. The topological polar surface area (TPSA) is 134 Å². The summed E-state index contributed by atoms with van der Waals surface area (Å²) in [5.74, 6) is 1.28. The van der Waals surface area contributed by atoms with E-state index in [1.807, 2.05) is 13.8 Å². The van der Waals surface area contributed by atoms with Crippen molar-refractivity contribution in [2.45, 2.75) is 38.7 Å². The summed E-state index contributed by atoms with van der Waals surface area (Å²) in [6.07, 6.45) is 1.84. The highest BCUT2D eigenvalue weighted by molar-refractivity contribution is 7.93. The quantitative estimate of drug-likeness (QED) is 0.450. The number of hydrogen-bond acceptors (Lipinski definition) is 9. The Hall–Kier alpha value is -2.83. The number of hydrogen-bond donors (Lipinski definition) is 1. The maximum atomic E-state index is 13.2. The molecule has 0 saturated carbocycles. The first-order valence-corrected chi connectivity index (χ1v) is 12.0. The molecule has 3 aromatic heterocycles. The zero-order valence-electron chi connectivity index (χ0n) is 18.9. The molecule has 1 N–H and O–H groups in total. The van der Waals surface area contributed by atoms with Crippen molar-refractivity contribution in [1.29, 1.82) is 0 Å². The van der Waals surface area contributed by atoms with E-state index in [1.165, 1.54) is 33.5 Å². The van der Waals surface area contributed by atoms with Gasteiger partial charge in [0, 0.05) is 32.1 Å². The predicted molar refractivity (Wildman–Crippen MR) is 123 cm³/mol. The van der Waals surface area contributed by atoms with Crippen LogP contribution in [-0.2, 0) is 21.3 Å². The van der Waals surface area contributed by atoms with E-state index in [1.54, 1.807) is 22.8 Å². The first-order valence-electron chi connectivity index (χ1n) is 10.1. The van der Waals surface area contributed by atoms with Crippen LogP contribution < -0.4 is 9.46 Å². The number of nitrogens with zero attached hydrogens (tertiary/aromatic N) is 6. The van der Waals surface area contributed by atoms with Crippen molar-refractivity contribution in [3.05, 3.63) is 41.4 Å². The molecule has 0 fully saturated rings. The second-order valence-electron chi connectivity index (χ2n) is 7.68. The molecule has 0 aliphatic heterocycles. The zero-order chi connectivity index (χ0) is 24.2. The predicted octanol–water partition coefficient (Wildman–Crippen LogP) is 2.97. The van der Waals surface area contributed by atoms with Gasteiger partial charge >= 0.3 is 0 Å². The van der Waals surface area contributed by atoms with Crippen LogP contribution in [-0.4, -0.2) is 57.6 Å². The van der Waals surface area contributed by atoms with E-state index in [2.05, 4.69) is 29.9 Å². The average Bonchev–Trinajstić information content (AvgIpc) is 3.16. The van der Waals surface area contributed by atoms with E-state index in [4.69, 9.17) is 21.1 Å². The third kappa shape index (κ3) is 5.75. The normalized spacial score (nSPS) is 13.7. The Labute approximate surface area is 197 Å². The molecule has 0 bridgehead atoms. The van der Waals surface area contributed by atoms with Crippen LogP contribution in [0.4, 0.5) is 5.95 Å². The van der Waals surface area contributed by atoms with Gasteiger partial charge in [0.2, 0.25) is 21.9 Å². The molecule has 13 heteroatoms. The largest absolute Gasteiger partial charge is 0.481 e. The van der Waals surface area contributed by atoms with Crippen LogP contribution in [0.2, 0.25) is 5.02 Å². The van der Waals surface area contributed by atoms with Crippen molar-refractivity contribution in [3.8, 4) is 17.4 Å². The van der Waals surface area contributed by atoms with Crippen LogP contribution in [0, 0.1) is 5.92 Å². The molecule has 0 radical (unpaired) electrons. The molecule has 0 aromatic carbocycles. The van der Waals surface area contributed by atoms with Gasteiger partial charge in [-0.2, -0.15) is 0 Å². The summed E-state index contributed by atoms with van der Waals surface area (Å²) in [7, 11) is -1.07. The van der Waals surface area contributed by atoms with Gasteiger partial charge in [-0.3, -0.25) is 9.29 Å². The fourth-order valence-corrected chi connectivity index (χ4v) is 4.37. The lowest BCUT2D eigenvalue weighted by Gasteiger charge is -2.22. The molecule has 3 rings (SSSR count). The van der Waals surface area contributed by atoms with Crippen LogP contribution >= 0.6 is 11.6 Å². The van der Waals surface area contributed by atoms with Crippen molar-refractivity contribution in [1.82, 2.24) is 29.7 Å². The van der Waals surface area contributed by atoms with Crippen LogP contribution in [0.15, 0.2) is 30.6 Å². The van der Waals surface area contributed by atoms with Gasteiger partial charge in [-0.15, -0.1) is 10.2 Å². The molecular weight excluding hydrogens is 470 g/mol. The van der Waals surface area contributed by atoms with Crippen LogP contribution in [0.3, 0.4) is 0 Å². The Morgan fingerprint density at radius 1 is 1.12 bits per heavy atom. The highest BCUT2D eigenvalue weighted by Crippen LogP contribution is 2.27. The number of pyridine rings is 1. The summed E-state index contributed by atoms with van der Waals surface area (Å²) in [6, 6.07) is 5.24. The summed E-state index contributed by atoms with van der Waals surface area (Å²) in [6.45, 7) is 5.97. The number of aromatic nitrogens is 6. The van der Waals surface area contributed by atoms with E-state index in [0.717, 1.165) is 0 Å². The third-order valence-electron chi connectivity index (χ3n) is 4.76. The minimum Gasteiger partial charge on any atom is -0.481 e. The van der Waals surface area contributed by atoms with Gasteiger partial charge < -0.3 is 9.47 Å². The lowest BCUT2D eigenvalue weighted by Crippen LogP contribution is -2.33. The van der Waals surface area contributed by atoms with Crippen molar-refractivity contribution >= 4 is 27.6 Å². The van der Waals surface area contributed by atoms with Gasteiger partial charge in [-0.05, 0) is 18.9 Å². The summed E-state index contributed by atoms with van der Waals surface area (Å²) in [5.41, 5.74) is 0.505. The number of nitrogens with one attached hydrogen (secondary N) is 1. The highest BCUT2D eigenvalue weighted by Gasteiger charge is 2.34. The fourth-order valence-electron chi connectivity index (χ4n) is 3.12. The Bertz CT molecular complexity index is 1190. The lowest BCUT2D eigenvalue weighted by atomic mass is 10.2. The Morgan fingerprint density at radius 2 is 1.82 bits per heavy atom. The van der Waals surface area contributed by atoms with Gasteiger partial charge in [-0.25, -0.2) is 23.4 Å². The molecule has 178 valence electrons. The molecule has 0 spiro atoms.